The third kappa shape index (κ3) is 3.97. The second-order valence-corrected chi connectivity index (χ2v) is 7.51. The Labute approximate surface area is 130 Å². The van der Waals surface area contributed by atoms with Crippen LogP contribution in [-0.2, 0) is 23.7 Å². The van der Waals surface area contributed by atoms with Gasteiger partial charge in [0.1, 0.15) is 12.2 Å². The molecule has 5 unspecified atom stereocenters. The maximum Gasteiger partial charge on any atom is 0.306 e. The van der Waals surface area contributed by atoms with E-state index in [0.29, 0.717) is 0 Å². The second-order valence-electron chi connectivity index (χ2n) is 7.51. The van der Waals surface area contributed by atoms with E-state index in [2.05, 4.69) is 0 Å². The first kappa shape index (κ1) is 17.6. The molecule has 0 aromatic rings. The molecule has 7 nitrogen and oxygen atoms in total. The first-order chi connectivity index (χ1) is 10.0. The number of aliphatic hydroxyl groups excluding tert-OH is 2. The fourth-order valence-corrected chi connectivity index (χ4v) is 2.68. The first-order valence-corrected chi connectivity index (χ1v) is 7.52. The number of hydrogen-bond acceptors (Lipinski definition) is 7. The van der Waals surface area contributed by atoms with E-state index in [1.165, 1.54) is 0 Å². The normalized spacial score (nSPS) is 35.2. The van der Waals surface area contributed by atoms with E-state index in [1.807, 2.05) is 20.8 Å². The summed E-state index contributed by atoms with van der Waals surface area (Å²) in [5.74, 6) is -1.25. The Morgan fingerprint density at radius 1 is 1.32 bits per heavy atom. The third-order valence-electron chi connectivity index (χ3n) is 3.54. The van der Waals surface area contributed by atoms with Gasteiger partial charge in [-0.3, -0.25) is 4.79 Å². The van der Waals surface area contributed by atoms with E-state index in [0.717, 1.165) is 0 Å². The quantitative estimate of drug-likeness (QED) is 0.732. The van der Waals surface area contributed by atoms with Crippen molar-refractivity contribution in [1.82, 2.24) is 0 Å². The Bertz CT molecular complexity index is 415. The molecule has 2 saturated heterocycles. The van der Waals surface area contributed by atoms with E-state index >= 15 is 0 Å². The van der Waals surface area contributed by atoms with E-state index in [1.54, 1.807) is 13.8 Å². The van der Waals surface area contributed by atoms with Crippen LogP contribution >= 0.6 is 0 Å². The minimum absolute atomic E-state index is 0.215. The minimum atomic E-state index is -1.17. The Hall–Kier alpha value is -0.730. The Morgan fingerprint density at radius 3 is 2.50 bits per heavy atom. The number of aliphatic hydroxyl groups is 2. The van der Waals surface area contributed by atoms with Gasteiger partial charge < -0.3 is 29.2 Å². The fourth-order valence-electron chi connectivity index (χ4n) is 2.68. The molecular weight excluding hydrogens is 292 g/mol. The molecule has 5 atom stereocenters. The van der Waals surface area contributed by atoms with Crippen LogP contribution in [0.3, 0.4) is 0 Å². The Kier molecular flexibility index (Phi) is 4.85. The average Bonchev–Trinajstić information content (AvgIpc) is 2.80. The lowest BCUT2D eigenvalue weighted by molar-refractivity contribution is -0.231. The second kappa shape index (κ2) is 6.05. The molecule has 2 aliphatic rings. The van der Waals surface area contributed by atoms with Crippen molar-refractivity contribution in [3.8, 4) is 0 Å². The number of carbonyl (C=O) groups excluding carboxylic acids is 1. The van der Waals surface area contributed by atoms with Gasteiger partial charge in [0, 0.05) is 0 Å². The molecule has 22 heavy (non-hydrogen) atoms. The third-order valence-corrected chi connectivity index (χ3v) is 3.54. The molecule has 0 aliphatic carbocycles. The molecule has 0 aromatic carbocycles. The van der Waals surface area contributed by atoms with Crippen LogP contribution in [0.25, 0.3) is 0 Å². The summed E-state index contributed by atoms with van der Waals surface area (Å²) in [6.45, 7) is 8.77. The van der Waals surface area contributed by atoms with Crippen molar-refractivity contribution in [2.75, 3.05) is 6.61 Å². The number of esters is 1. The summed E-state index contributed by atoms with van der Waals surface area (Å²) in [5.41, 5.74) is -0.215. The summed E-state index contributed by atoms with van der Waals surface area (Å²) in [7, 11) is 0. The zero-order chi connectivity index (χ0) is 16.7. The number of hydrogen-bond donors (Lipinski definition) is 2. The smallest absolute Gasteiger partial charge is 0.306 e. The molecule has 0 radical (unpaired) electrons. The predicted molar refractivity (Wildman–Crippen MR) is 75.7 cm³/mol. The van der Waals surface area contributed by atoms with Crippen molar-refractivity contribution >= 4 is 5.97 Å². The molecule has 0 saturated carbocycles. The highest BCUT2D eigenvalue weighted by Gasteiger charge is 2.58. The van der Waals surface area contributed by atoms with Crippen molar-refractivity contribution in [1.29, 1.82) is 0 Å². The largest absolute Gasteiger partial charge is 0.456 e. The van der Waals surface area contributed by atoms with Gasteiger partial charge >= 0.3 is 5.97 Å². The Morgan fingerprint density at radius 2 is 1.95 bits per heavy atom. The van der Waals surface area contributed by atoms with E-state index < -0.39 is 49.1 Å². The summed E-state index contributed by atoms with van der Waals surface area (Å²) >= 11 is 0. The van der Waals surface area contributed by atoms with Crippen LogP contribution in [0.15, 0.2) is 0 Å². The number of carbonyl (C=O) groups is 1. The highest BCUT2D eigenvalue weighted by molar-refractivity contribution is 5.70. The van der Waals surface area contributed by atoms with Gasteiger partial charge in [-0.05, 0) is 19.3 Å². The van der Waals surface area contributed by atoms with Crippen LogP contribution in [0.4, 0.5) is 0 Å². The summed E-state index contributed by atoms with van der Waals surface area (Å²) in [6.07, 6.45) is -3.98. The fraction of sp³-hybridized carbons (Fsp3) is 0.933. The van der Waals surface area contributed by atoms with Crippen LogP contribution in [0.5, 0.6) is 0 Å². The molecule has 0 aromatic heterocycles. The molecule has 2 aliphatic heterocycles. The molecule has 0 bridgehead atoms. The van der Waals surface area contributed by atoms with Gasteiger partial charge in [-0.2, -0.15) is 0 Å². The van der Waals surface area contributed by atoms with Gasteiger partial charge in [0.15, 0.2) is 24.3 Å². The van der Waals surface area contributed by atoms with Gasteiger partial charge in [0.25, 0.3) is 0 Å². The van der Waals surface area contributed by atoms with Crippen LogP contribution in [0, 0.1) is 5.41 Å². The van der Waals surface area contributed by atoms with Crippen LogP contribution in [0.1, 0.15) is 41.0 Å². The van der Waals surface area contributed by atoms with Gasteiger partial charge in [-0.1, -0.05) is 20.8 Å². The predicted octanol–water partition coefficient (Wildman–Crippen LogP) is 0.564. The lowest BCUT2D eigenvalue weighted by Crippen LogP contribution is -2.45. The lowest BCUT2D eigenvalue weighted by atomic mass is 9.92. The zero-order valence-corrected chi connectivity index (χ0v) is 13.7. The van der Waals surface area contributed by atoms with E-state index in [9.17, 15) is 9.90 Å². The van der Waals surface area contributed by atoms with Crippen molar-refractivity contribution in [2.45, 2.75) is 77.5 Å². The summed E-state index contributed by atoms with van der Waals surface area (Å²) < 4.78 is 22.4. The van der Waals surface area contributed by atoms with Crippen LogP contribution < -0.4 is 0 Å². The maximum absolute atomic E-state index is 12.1. The Balaban J connectivity index is 2.10. The standard InChI is InChI=1S/C15H26O7/c1-14(2,3)6-9(18)19-11-10(8(17)7-16)20-13-12(11)21-15(4,5)22-13/h8,10-13,16-17H,6-7H2,1-5H3. The molecule has 2 rings (SSSR count). The van der Waals surface area contributed by atoms with Crippen molar-refractivity contribution in [3.05, 3.63) is 0 Å². The van der Waals surface area contributed by atoms with Gasteiger partial charge in [-0.15, -0.1) is 0 Å². The first-order valence-electron chi connectivity index (χ1n) is 7.52. The van der Waals surface area contributed by atoms with Gasteiger partial charge in [0.05, 0.1) is 13.0 Å². The topological polar surface area (TPSA) is 94.5 Å². The number of ether oxygens (including phenoxy) is 4. The molecule has 0 amide bonds. The van der Waals surface area contributed by atoms with Crippen molar-refractivity contribution in [2.24, 2.45) is 5.41 Å². The molecule has 2 fully saturated rings. The monoisotopic (exact) mass is 318 g/mol. The van der Waals surface area contributed by atoms with Gasteiger partial charge in [-0.25, -0.2) is 0 Å². The molecular formula is C15H26O7. The van der Waals surface area contributed by atoms with Crippen LogP contribution in [-0.4, -0.2) is 59.3 Å². The lowest BCUT2D eigenvalue weighted by Gasteiger charge is -2.28. The molecule has 2 heterocycles. The molecule has 128 valence electrons. The van der Waals surface area contributed by atoms with Crippen molar-refractivity contribution in [3.63, 3.8) is 0 Å². The highest BCUT2D eigenvalue weighted by Crippen LogP contribution is 2.40. The molecule has 7 heteroatoms. The summed E-state index contributed by atoms with van der Waals surface area (Å²) in [4.78, 5) is 12.1. The van der Waals surface area contributed by atoms with E-state index in [4.69, 9.17) is 24.1 Å². The summed E-state index contributed by atoms with van der Waals surface area (Å²) in [5, 5.41) is 19.0. The highest BCUT2D eigenvalue weighted by atomic mass is 16.8. The van der Waals surface area contributed by atoms with E-state index in [-0.39, 0.29) is 11.8 Å². The summed E-state index contributed by atoms with van der Waals surface area (Å²) in [6, 6.07) is 0. The van der Waals surface area contributed by atoms with Crippen molar-refractivity contribution < 1.29 is 34.0 Å². The maximum atomic E-state index is 12.1. The SMILES string of the molecule is CC(C)(C)CC(=O)OC1C(C(O)CO)OC2OC(C)(C)OC21. The molecule has 0 spiro atoms. The van der Waals surface area contributed by atoms with Gasteiger partial charge in [0.2, 0.25) is 0 Å². The van der Waals surface area contributed by atoms with Crippen LogP contribution in [0.2, 0.25) is 0 Å². The number of rotatable bonds is 4. The average molecular weight is 318 g/mol. The zero-order valence-electron chi connectivity index (χ0n) is 13.7. The minimum Gasteiger partial charge on any atom is -0.456 e. The molecule has 2 N–H and O–H groups in total. The number of fused-ring (bicyclic) bond motifs is 1.